The van der Waals surface area contributed by atoms with Crippen molar-refractivity contribution in [1.29, 1.82) is 0 Å². The molecule has 0 spiro atoms. The predicted molar refractivity (Wildman–Crippen MR) is 88.2 cm³/mol. The highest BCUT2D eigenvalue weighted by atomic mass is 79.9. The van der Waals surface area contributed by atoms with Gasteiger partial charge in [-0.15, -0.1) is 5.10 Å². The molecular formula is C16H17BrN4. The molecule has 0 aliphatic rings. The molecule has 3 rings (SSSR count). The Hall–Kier alpha value is -1.72. The molecule has 108 valence electrons. The van der Waals surface area contributed by atoms with Gasteiger partial charge in [-0.3, -0.25) is 4.68 Å². The third-order valence-electron chi connectivity index (χ3n) is 3.64. The number of aryl methyl sites for hydroxylation is 1. The van der Waals surface area contributed by atoms with E-state index in [0.29, 0.717) is 0 Å². The Kier molecular flexibility index (Phi) is 4.03. The standard InChI is InChI=1S/C16H17BrN4/c1-18-16(9-15-10-21(2)20-19-15)13-4-3-12-8-14(17)6-5-11(12)7-13/h3-8,10,16,18H,9H2,1-2H3. The van der Waals surface area contributed by atoms with Crippen LogP contribution in [-0.4, -0.2) is 22.0 Å². The number of likely N-dealkylation sites (N-methyl/N-ethyl adjacent to an activating group) is 1. The van der Waals surface area contributed by atoms with Crippen LogP contribution in [0.5, 0.6) is 0 Å². The van der Waals surface area contributed by atoms with Crippen LogP contribution in [0, 0.1) is 0 Å². The van der Waals surface area contributed by atoms with Gasteiger partial charge in [0.25, 0.3) is 0 Å². The number of hydrogen-bond donors (Lipinski definition) is 1. The minimum atomic E-state index is 0.231. The molecule has 0 aliphatic carbocycles. The summed E-state index contributed by atoms with van der Waals surface area (Å²) in [5.74, 6) is 0. The minimum absolute atomic E-state index is 0.231. The van der Waals surface area contributed by atoms with Crippen molar-refractivity contribution in [3.05, 3.63) is 58.3 Å². The maximum atomic E-state index is 4.17. The van der Waals surface area contributed by atoms with E-state index in [1.54, 1.807) is 4.68 Å². The Morgan fingerprint density at radius 1 is 1.19 bits per heavy atom. The molecule has 1 aromatic heterocycles. The smallest absolute Gasteiger partial charge is 0.0845 e. The van der Waals surface area contributed by atoms with Gasteiger partial charge in [0, 0.05) is 30.2 Å². The normalized spacial score (nSPS) is 12.7. The van der Waals surface area contributed by atoms with Crippen molar-refractivity contribution in [2.75, 3.05) is 7.05 Å². The first-order valence-electron chi connectivity index (χ1n) is 6.87. The number of hydrogen-bond acceptors (Lipinski definition) is 3. The Labute approximate surface area is 132 Å². The number of nitrogens with zero attached hydrogens (tertiary/aromatic N) is 3. The molecule has 0 saturated carbocycles. The van der Waals surface area contributed by atoms with Crippen LogP contribution < -0.4 is 5.32 Å². The van der Waals surface area contributed by atoms with Crippen molar-refractivity contribution in [2.24, 2.45) is 7.05 Å². The van der Waals surface area contributed by atoms with Gasteiger partial charge < -0.3 is 5.32 Å². The zero-order valence-corrected chi connectivity index (χ0v) is 13.6. The van der Waals surface area contributed by atoms with Gasteiger partial charge in [-0.25, -0.2) is 0 Å². The zero-order chi connectivity index (χ0) is 14.8. The van der Waals surface area contributed by atoms with E-state index >= 15 is 0 Å². The minimum Gasteiger partial charge on any atom is -0.313 e. The lowest BCUT2D eigenvalue weighted by atomic mass is 9.99. The summed E-state index contributed by atoms with van der Waals surface area (Å²) in [6.07, 6.45) is 2.79. The molecule has 4 nitrogen and oxygen atoms in total. The first-order valence-corrected chi connectivity index (χ1v) is 7.66. The van der Waals surface area contributed by atoms with Crippen LogP contribution >= 0.6 is 15.9 Å². The van der Waals surface area contributed by atoms with Crippen LogP contribution in [0.2, 0.25) is 0 Å². The van der Waals surface area contributed by atoms with E-state index in [4.69, 9.17) is 0 Å². The fourth-order valence-corrected chi connectivity index (χ4v) is 2.92. The molecule has 0 saturated heterocycles. The van der Waals surface area contributed by atoms with Gasteiger partial charge in [-0.05, 0) is 41.6 Å². The molecule has 21 heavy (non-hydrogen) atoms. The molecule has 1 N–H and O–H groups in total. The molecule has 1 heterocycles. The number of halogens is 1. The van der Waals surface area contributed by atoms with Crippen LogP contribution in [0.15, 0.2) is 47.1 Å². The first kappa shape index (κ1) is 14.2. The second kappa shape index (κ2) is 5.95. The second-order valence-electron chi connectivity index (χ2n) is 5.18. The topological polar surface area (TPSA) is 42.7 Å². The predicted octanol–water partition coefficient (Wildman–Crippen LogP) is 3.23. The molecular weight excluding hydrogens is 328 g/mol. The lowest BCUT2D eigenvalue weighted by Crippen LogP contribution is -2.19. The van der Waals surface area contributed by atoms with Gasteiger partial charge in [0.15, 0.2) is 0 Å². The van der Waals surface area contributed by atoms with Crippen LogP contribution in [-0.2, 0) is 13.5 Å². The monoisotopic (exact) mass is 344 g/mol. The third kappa shape index (κ3) is 3.14. The first-order chi connectivity index (χ1) is 10.2. The fourth-order valence-electron chi connectivity index (χ4n) is 2.54. The summed E-state index contributed by atoms with van der Waals surface area (Å²) in [6, 6.07) is 13.1. The van der Waals surface area contributed by atoms with E-state index in [2.05, 4.69) is 68.0 Å². The van der Waals surface area contributed by atoms with Gasteiger partial charge in [0.2, 0.25) is 0 Å². The molecule has 3 aromatic rings. The van der Waals surface area contributed by atoms with Gasteiger partial charge in [-0.2, -0.15) is 0 Å². The van der Waals surface area contributed by atoms with E-state index in [0.717, 1.165) is 16.6 Å². The maximum absolute atomic E-state index is 4.17. The number of aromatic nitrogens is 3. The average molecular weight is 345 g/mol. The number of rotatable bonds is 4. The fraction of sp³-hybridized carbons (Fsp3) is 0.250. The van der Waals surface area contributed by atoms with Gasteiger partial charge >= 0.3 is 0 Å². The second-order valence-corrected chi connectivity index (χ2v) is 6.10. The molecule has 5 heteroatoms. The lowest BCUT2D eigenvalue weighted by molar-refractivity contribution is 0.584. The largest absolute Gasteiger partial charge is 0.313 e. The molecule has 0 bridgehead atoms. The third-order valence-corrected chi connectivity index (χ3v) is 4.13. The van der Waals surface area contributed by atoms with E-state index in [1.807, 2.05) is 20.3 Å². The van der Waals surface area contributed by atoms with Crippen molar-refractivity contribution >= 4 is 26.7 Å². The number of nitrogens with one attached hydrogen (secondary N) is 1. The van der Waals surface area contributed by atoms with Crippen molar-refractivity contribution < 1.29 is 0 Å². The summed E-state index contributed by atoms with van der Waals surface area (Å²) in [5.41, 5.74) is 2.26. The highest BCUT2D eigenvalue weighted by Crippen LogP contribution is 2.25. The number of benzene rings is 2. The highest BCUT2D eigenvalue weighted by Gasteiger charge is 2.12. The maximum Gasteiger partial charge on any atom is 0.0845 e. The Bertz CT molecular complexity index is 766. The summed E-state index contributed by atoms with van der Waals surface area (Å²) >= 11 is 3.51. The van der Waals surface area contributed by atoms with E-state index in [9.17, 15) is 0 Å². The van der Waals surface area contributed by atoms with E-state index in [1.165, 1.54) is 16.3 Å². The SMILES string of the molecule is CNC(Cc1cn(C)nn1)c1ccc2cc(Br)ccc2c1. The van der Waals surface area contributed by atoms with E-state index in [-0.39, 0.29) is 6.04 Å². The van der Waals surface area contributed by atoms with Crippen LogP contribution in [0.3, 0.4) is 0 Å². The van der Waals surface area contributed by atoms with Gasteiger partial charge in [0.05, 0.1) is 5.69 Å². The average Bonchev–Trinajstić information content (AvgIpc) is 2.89. The quantitative estimate of drug-likeness (QED) is 0.790. The summed E-state index contributed by atoms with van der Waals surface area (Å²) in [4.78, 5) is 0. The van der Waals surface area contributed by atoms with Crippen LogP contribution in [0.25, 0.3) is 10.8 Å². The van der Waals surface area contributed by atoms with Gasteiger partial charge in [-0.1, -0.05) is 39.3 Å². The Morgan fingerprint density at radius 3 is 2.67 bits per heavy atom. The molecule has 0 radical (unpaired) electrons. The summed E-state index contributed by atoms with van der Waals surface area (Å²) in [7, 11) is 3.87. The molecule has 0 aliphatic heterocycles. The zero-order valence-electron chi connectivity index (χ0n) is 12.0. The summed E-state index contributed by atoms with van der Waals surface area (Å²) in [5, 5.41) is 14.0. The number of fused-ring (bicyclic) bond motifs is 1. The summed E-state index contributed by atoms with van der Waals surface area (Å²) in [6.45, 7) is 0. The molecule has 0 fully saturated rings. The van der Waals surface area contributed by atoms with E-state index < -0.39 is 0 Å². The molecule has 0 amide bonds. The van der Waals surface area contributed by atoms with Crippen molar-refractivity contribution in [2.45, 2.75) is 12.5 Å². The molecule has 1 atom stereocenters. The lowest BCUT2D eigenvalue weighted by Gasteiger charge is -2.16. The Morgan fingerprint density at radius 2 is 1.95 bits per heavy atom. The van der Waals surface area contributed by atoms with Crippen molar-refractivity contribution in [1.82, 2.24) is 20.3 Å². The van der Waals surface area contributed by atoms with Crippen LogP contribution in [0.4, 0.5) is 0 Å². The van der Waals surface area contributed by atoms with Crippen molar-refractivity contribution in [3.8, 4) is 0 Å². The Balaban J connectivity index is 1.91. The molecule has 1 unspecified atom stereocenters. The van der Waals surface area contributed by atoms with Crippen molar-refractivity contribution in [3.63, 3.8) is 0 Å². The van der Waals surface area contributed by atoms with Gasteiger partial charge in [0.1, 0.15) is 0 Å². The van der Waals surface area contributed by atoms with Crippen LogP contribution in [0.1, 0.15) is 17.3 Å². The summed E-state index contributed by atoms with van der Waals surface area (Å²) < 4.78 is 2.84. The highest BCUT2D eigenvalue weighted by molar-refractivity contribution is 9.10. The molecule has 2 aromatic carbocycles.